The van der Waals surface area contributed by atoms with Gasteiger partial charge in [-0.25, -0.2) is 0 Å². The molecule has 0 aliphatic heterocycles. The number of alkyl halides is 2. The normalized spacial score (nSPS) is 34.6. The van der Waals surface area contributed by atoms with Crippen molar-refractivity contribution in [2.75, 3.05) is 29.7 Å². The first kappa shape index (κ1) is 29.8. The van der Waals surface area contributed by atoms with Crippen LogP contribution in [0.25, 0.3) is 0 Å². The molecule has 3 saturated carbocycles. The summed E-state index contributed by atoms with van der Waals surface area (Å²) >= 11 is 11.9. The highest BCUT2D eigenvalue weighted by atomic mass is 35.5. The summed E-state index contributed by atoms with van der Waals surface area (Å²) < 4.78 is 6.05. The Hall–Kier alpha value is -1.72. The second-order valence-corrected chi connectivity index (χ2v) is 14.0. The van der Waals surface area contributed by atoms with Crippen LogP contribution in [0.5, 0.6) is 0 Å². The van der Waals surface area contributed by atoms with Gasteiger partial charge in [-0.3, -0.25) is 9.59 Å². The molecule has 0 heterocycles. The summed E-state index contributed by atoms with van der Waals surface area (Å²) in [6.07, 6.45) is 11.5. The van der Waals surface area contributed by atoms with E-state index < -0.39 is 0 Å². The summed E-state index contributed by atoms with van der Waals surface area (Å²) in [5.41, 5.74) is 3.96. The van der Waals surface area contributed by atoms with Gasteiger partial charge in [-0.2, -0.15) is 0 Å². The molecule has 0 bridgehead atoms. The van der Waals surface area contributed by atoms with E-state index in [1.54, 1.807) is 6.92 Å². The van der Waals surface area contributed by atoms with Crippen LogP contribution in [0.3, 0.4) is 0 Å². The number of carbonyl (C=O) groups excluding carboxylic acids is 2. The maximum absolute atomic E-state index is 12.9. The zero-order valence-corrected chi connectivity index (χ0v) is 25.9. The van der Waals surface area contributed by atoms with Crippen molar-refractivity contribution in [1.82, 2.24) is 5.32 Å². The standard InChI is InChI=1S/C33H46Cl2N2O3/c1-22(38)36-30-11-10-28-27-9-6-24-21-26(12-14-32(24,2)29(27)13-15-33(28,30)3)40-31(39)20-23-4-7-25(8-5-23)37(18-16-34)19-17-35/h4-8,26-30H,9-21H2,1-3H3,(H,36,38). The first-order valence-electron chi connectivity index (χ1n) is 15.3. The first-order chi connectivity index (χ1) is 19.2. The second kappa shape index (κ2) is 12.3. The van der Waals surface area contributed by atoms with E-state index in [-0.39, 0.29) is 28.8 Å². The van der Waals surface area contributed by atoms with Gasteiger partial charge in [0.25, 0.3) is 0 Å². The average molecular weight is 590 g/mol. The third kappa shape index (κ3) is 5.79. The molecule has 40 heavy (non-hydrogen) atoms. The van der Waals surface area contributed by atoms with E-state index in [1.165, 1.54) is 24.8 Å². The van der Waals surface area contributed by atoms with Crippen LogP contribution in [-0.4, -0.2) is 48.9 Å². The number of allylic oxidation sites excluding steroid dienone is 1. The Morgan fingerprint density at radius 3 is 2.40 bits per heavy atom. The minimum atomic E-state index is -0.141. The van der Waals surface area contributed by atoms with Gasteiger partial charge in [0.2, 0.25) is 5.91 Å². The third-order valence-electron chi connectivity index (χ3n) is 11.1. The van der Waals surface area contributed by atoms with E-state index in [4.69, 9.17) is 27.9 Å². The van der Waals surface area contributed by atoms with E-state index in [9.17, 15) is 9.59 Å². The predicted octanol–water partition coefficient (Wildman–Crippen LogP) is 6.89. The van der Waals surface area contributed by atoms with Gasteiger partial charge >= 0.3 is 5.97 Å². The summed E-state index contributed by atoms with van der Waals surface area (Å²) in [7, 11) is 0. The fourth-order valence-corrected chi connectivity index (χ4v) is 9.41. The van der Waals surface area contributed by atoms with Gasteiger partial charge in [-0.15, -0.1) is 23.2 Å². The number of halogens is 2. The lowest BCUT2D eigenvalue weighted by molar-refractivity contribution is -0.150. The highest BCUT2D eigenvalue weighted by molar-refractivity contribution is 6.18. The average Bonchev–Trinajstić information content (AvgIpc) is 3.24. The lowest BCUT2D eigenvalue weighted by atomic mass is 9.48. The number of hydrogen-bond donors (Lipinski definition) is 1. The molecule has 1 N–H and O–H groups in total. The molecule has 7 atom stereocenters. The molecule has 4 aliphatic rings. The molecule has 0 spiro atoms. The number of esters is 1. The predicted molar refractivity (Wildman–Crippen MR) is 163 cm³/mol. The molecule has 4 aliphatic carbocycles. The Morgan fingerprint density at radius 1 is 1.00 bits per heavy atom. The minimum Gasteiger partial charge on any atom is -0.462 e. The Labute approximate surface area is 250 Å². The molecule has 5 rings (SSSR count). The third-order valence-corrected chi connectivity index (χ3v) is 11.4. The minimum absolute atomic E-state index is 0.0323. The summed E-state index contributed by atoms with van der Waals surface area (Å²) in [5.74, 6) is 3.11. The number of benzene rings is 1. The molecule has 7 heteroatoms. The summed E-state index contributed by atoms with van der Waals surface area (Å²) in [6, 6.07) is 8.40. The van der Waals surface area contributed by atoms with E-state index in [0.717, 1.165) is 56.4 Å². The molecular formula is C33H46Cl2N2O3. The maximum Gasteiger partial charge on any atom is 0.310 e. The number of hydrogen-bond acceptors (Lipinski definition) is 4. The smallest absolute Gasteiger partial charge is 0.310 e. The van der Waals surface area contributed by atoms with E-state index in [0.29, 0.717) is 42.0 Å². The van der Waals surface area contributed by atoms with E-state index >= 15 is 0 Å². The van der Waals surface area contributed by atoms with E-state index in [2.05, 4.69) is 30.1 Å². The van der Waals surface area contributed by atoms with Crippen molar-refractivity contribution in [3.63, 3.8) is 0 Å². The zero-order valence-electron chi connectivity index (χ0n) is 24.4. The maximum atomic E-state index is 12.9. The summed E-state index contributed by atoms with van der Waals surface area (Å²) in [6.45, 7) is 8.05. The van der Waals surface area contributed by atoms with Gasteiger partial charge in [0, 0.05) is 49.9 Å². The van der Waals surface area contributed by atoms with Crippen molar-refractivity contribution in [2.45, 2.75) is 90.7 Å². The SMILES string of the molecule is CC(=O)NC1CCC2C3CC=C4CC(OC(=O)Cc5ccc(N(CCCl)CCCl)cc5)CCC4(C)C3CCC12C. The van der Waals surface area contributed by atoms with Crippen LogP contribution < -0.4 is 10.2 Å². The lowest BCUT2D eigenvalue weighted by Gasteiger charge is -2.58. The Bertz CT molecular complexity index is 1100. The highest BCUT2D eigenvalue weighted by Gasteiger charge is 2.58. The van der Waals surface area contributed by atoms with Crippen molar-refractivity contribution < 1.29 is 14.3 Å². The van der Waals surface area contributed by atoms with Crippen LogP contribution in [0.15, 0.2) is 35.9 Å². The first-order valence-corrected chi connectivity index (χ1v) is 16.4. The molecule has 1 aromatic carbocycles. The van der Waals surface area contributed by atoms with Gasteiger partial charge in [-0.05, 0) is 91.2 Å². The quantitative estimate of drug-likeness (QED) is 0.194. The second-order valence-electron chi connectivity index (χ2n) is 13.2. The molecule has 0 aromatic heterocycles. The van der Waals surface area contributed by atoms with Crippen LogP contribution in [-0.2, 0) is 20.7 Å². The molecule has 7 unspecified atom stereocenters. The van der Waals surface area contributed by atoms with Crippen LogP contribution in [0.2, 0.25) is 0 Å². The van der Waals surface area contributed by atoms with Crippen molar-refractivity contribution in [3.05, 3.63) is 41.5 Å². The van der Waals surface area contributed by atoms with Gasteiger partial charge in [0.15, 0.2) is 0 Å². The summed E-state index contributed by atoms with van der Waals surface area (Å²) in [4.78, 5) is 26.9. The fraction of sp³-hybridized carbons (Fsp3) is 0.697. The highest BCUT2D eigenvalue weighted by Crippen LogP contribution is 2.64. The summed E-state index contributed by atoms with van der Waals surface area (Å²) in [5, 5.41) is 3.29. The number of amides is 1. The van der Waals surface area contributed by atoms with Crippen molar-refractivity contribution in [2.24, 2.45) is 28.6 Å². The molecule has 0 radical (unpaired) electrons. The number of anilines is 1. The van der Waals surface area contributed by atoms with Gasteiger partial charge in [0.1, 0.15) is 6.10 Å². The Balaban J connectivity index is 1.19. The fourth-order valence-electron chi connectivity index (χ4n) is 9.00. The van der Waals surface area contributed by atoms with Crippen LogP contribution in [0.1, 0.15) is 77.7 Å². The van der Waals surface area contributed by atoms with Crippen molar-refractivity contribution >= 4 is 40.8 Å². The lowest BCUT2D eigenvalue weighted by Crippen LogP contribution is -2.53. The Kier molecular flexibility index (Phi) is 9.12. The molecular weight excluding hydrogens is 543 g/mol. The number of nitrogens with one attached hydrogen (secondary N) is 1. The van der Waals surface area contributed by atoms with Gasteiger partial charge in [0.05, 0.1) is 6.42 Å². The molecule has 0 saturated heterocycles. The molecule has 5 nitrogen and oxygen atoms in total. The largest absolute Gasteiger partial charge is 0.462 e. The van der Waals surface area contributed by atoms with E-state index in [1.807, 2.05) is 24.3 Å². The molecule has 1 aromatic rings. The number of carbonyl (C=O) groups is 2. The van der Waals surface area contributed by atoms with Crippen LogP contribution in [0.4, 0.5) is 5.69 Å². The number of nitrogens with zero attached hydrogens (tertiary/aromatic N) is 1. The monoisotopic (exact) mass is 588 g/mol. The van der Waals surface area contributed by atoms with Gasteiger partial charge in [-0.1, -0.05) is 37.6 Å². The topological polar surface area (TPSA) is 58.6 Å². The van der Waals surface area contributed by atoms with Crippen molar-refractivity contribution in [1.29, 1.82) is 0 Å². The molecule has 3 fully saturated rings. The number of rotatable bonds is 9. The van der Waals surface area contributed by atoms with Crippen molar-refractivity contribution in [3.8, 4) is 0 Å². The van der Waals surface area contributed by atoms with Crippen LogP contribution >= 0.6 is 23.2 Å². The number of fused-ring (bicyclic) bond motifs is 5. The van der Waals surface area contributed by atoms with Gasteiger partial charge < -0.3 is 15.0 Å². The zero-order chi connectivity index (χ0) is 28.5. The molecule has 1 amide bonds. The van der Waals surface area contributed by atoms with Crippen LogP contribution in [0, 0.1) is 28.6 Å². The number of ether oxygens (including phenoxy) is 1. The Morgan fingerprint density at radius 2 is 1.73 bits per heavy atom. The molecule has 220 valence electrons.